The van der Waals surface area contributed by atoms with E-state index in [1.54, 1.807) is 12.1 Å². The zero-order valence-corrected chi connectivity index (χ0v) is 12.8. The first-order chi connectivity index (χ1) is 9.78. The Morgan fingerprint density at radius 3 is 2.38 bits per heavy atom. The monoisotopic (exact) mass is 293 g/mol. The molecule has 1 aromatic rings. The Labute approximate surface area is 125 Å². The van der Waals surface area contributed by atoms with Crippen molar-refractivity contribution in [3.63, 3.8) is 0 Å². The van der Waals surface area contributed by atoms with Crippen LogP contribution in [0.3, 0.4) is 0 Å². The van der Waals surface area contributed by atoms with Crippen LogP contribution in [0, 0.1) is 11.3 Å². The third kappa shape index (κ3) is 7.34. The van der Waals surface area contributed by atoms with E-state index in [1.165, 1.54) is 0 Å². The van der Waals surface area contributed by atoms with Crippen molar-refractivity contribution in [3.8, 4) is 5.75 Å². The molecule has 1 amide bonds. The number of carboxylic acids is 1. The molecular weight excluding hydrogens is 270 g/mol. The van der Waals surface area contributed by atoms with E-state index in [0.717, 1.165) is 0 Å². The molecule has 0 radical (unpaired) electrons. The van der Waals surface area contributed by atoms with Gasteiger partial charge in [-0.2, -0.15) is 0 Å². The molecule has 1 atom stereocenters. The number of para-hydroxylation sites is 1. The van der Waals surface area contributed by atoms with Gasteiger partial charge in [0.15, 0.2) is 6.61 Å². The van der Waals surface area contributed by atoms with Crippen LogP contribution < -0.4 is 10.1 Å². The molecule has 1 rings (SSSR count). The van der Waals surface area contributed by atoms with Crippen molar-refractivity contribution in [2.45, 2.75) is 27.2 Å². The Morgan fingerprint density at radius 1 is 1.24 bits per heavy atom. The highest BCUT2D eigenvalue weighted by molar-refractivity contribution is 5.78. The maximum atomic E-state index is 11.7. The van der Waals surface area contributed by atoms with E-state index in [-0.39, 0.29) is 24.5 Å². The molecule has 0 heterocycles. The van der Waals surface area contributed by atoms with E-state index in [0.29, 0.717) is 12.2 Å². The first kappa shape index (κ1) is 17.0. The van der Waals surface area contributed by atoms with Gasteiger partial charge in [-0.25, -0.2) is 0 Å². The number of carbonyl (C=O) groups excluding carboxylic acids is 1. The van der Waals surface area contributed by atoms with Crippen molar-refractivity contribution in [3.05, 3.63) is 30.3 Å². The lowest BCUT2D eigenvalue weighted by molar-refractivity contribution is -0.142. The molecule has 0 bridgehead atoms. The summed E-state index contributed by atoms with van der Waals surface area (Å²) < 4.78 is 5.30. The van der Waals surface area contributed by atoms with Gasteiger partial charge in [0, 0.05) is 6.54 Å². The fourth-order valence-electron chi connectivity index (χ4n) is 1.94. The van der Waals surface area contributed by atoms with Crippen molar-refractivity contribution in [1.29, 1.82) is 0 Å². The summed E-state index contributed by atoms with van der Waals surface area (Å²) in [6.45, 7) is 5.92. The van der Waals surface area contributed by atoms with Crippen LogP contribution in [0.1, 0.15) is 27.2 Å². The molecule has 0 saturated heterocycles. The van der Waals surface area contributed by atoms with Gasteiger partial charge in [-0.15, -0.1) is 0 Å². The zero-order chi connectivity index (χ0) is 15.9. The summed E-state index contributed by atoms with van der Waals surface area (Å²) in [6.07, 6.45) is 0.502. The molecular formula is C16H23NO4. The SMILES string of the molecule is CC(C)(C)CC(CNC(=O)COc1ccccc1)C(=O)O. The maximum Gasteiger partial charge on any atom is 0.308 e. The number of carbonyl (C=O) groups is 2. The predicted molar refractivity (Wildman–Crippen MR) is 80.1 cm³/mol. The molecule has 21 heavy (non-hydrogen) atoms. The van der Waals surface area contributed by atoms with Gasteiger partial charge in [0.25, 0.3) is 5.91 Å². The molecule has 2 N–H and O–H groups in total. The number of nitrogens with one attached hydrogen (secondary N) is 1. The van der Waals surface area contributed by atoms with Crippen molar-refractivity contribution in [2.24, 2.45) is 11.3 Å². The first-order valence-electron chi connectivity index (χ1n) is 6.95. The summed E-state index contributed by atoms with van der Waals surface area (Å²) >= 11 is 0. The third-order valence-corrected chi connectivity index (χ3v) is 2.87. The molecule has 0 spiro atoms. The topological polar surface area (TPSA) is 75.6 Å². The van der Waals surface area contributed by atoms with E-state index in [2.05, 4.69) is 5.32 Å². The predicted octanol–water partition coefficient (Wildman–Crippen LogP) is 2.32. The van der Waals surface area contributed by atoms with Crippen LogP contribution in [-0.2, 0) is 9.59 Å². The number of rotatable bonds is 7. The molecule has 0 saturated carbocycles. The number of hydrogen-bond donors (Lipinski definition) is 2. The maximum absolute atomic E-state index is 11.7. The Balaban J connectivity index is 2.38. The Kier molecular flexibility index (Phi) is 6.21. The van der Waals surface area contributed by atoms with Gasteiger partial charge in [-0.1, -0.05) is 39.0 Å². The van der Waals surface area contributed by atoms with Crippen LogP contribution in [-0.4, -0.2) is 30.1 Å². The lowest BCUT2D eigenvalue weighted by Gasteiger charge is -2.23. The number of ether oxygens (including phenoxy) is 1. The third-order valence-electron chi connectivity index (χ3n) is 2.87. The van der Waals surface area contributed by atoms with Gasteiger partial charge in [-0.05, 0) is 24.0 Å². The lowest BCUT2D eigenvalue weighted by Crippen LogP contribution is -2.37. The van der Waals surface area contributed by atoms with Crippen LogP contribution in [0.4, 0.5) is 0 Å². The number of hydrogen-bond acceptors (Lipinski definition) is 3. The summed E-state index contributed by atoms with van der Waals surface area (Å²) in [5.41, 5.74) is -0.103. The molecule has 5 nitrogen and oxygen atoms in total. The highest BCUT2D eigenvalue weighted by Gasteiger charge is 2.24. The summed E-state index contributed by atoms with van der Waals surface area (Å²) in [4.78, 5) is 22.9. The van der Waals surface area contributed by atoms with Crippen LogP contribution in [0.2, 0.25) is 0 Å². The van der Waals surface area contributed by atoms with E-state index >= 15 is 0 Å². The summed E-state index contributed by atoms with van der Waals surface area (Å²) in [6, 6.07) is 9.00. The molecule has 116 valence electrons. The highest BCUT2D eigenvalue weighted by Crippen LogP contribution is 2.24. The van der Waals surface area contributed by atoms with E-state index < -0.39 is 11.9 Å². The summed E-state index contributed by atoms with van der Waals surface area (Å²) in [5.74, 6) is -1.20. The minimum Gasteiger partial charge on any atom is -0.484 e. The number of carboxylic acid groups (broad SMARTS) is 1. The minimum absolute atomic E-state index is 0.103. The van der Waals surface area contributed by atoms with Gasteiger partial charge in [-0.3, -0.25) is 9.59 Å². The van der Waals surface area contributed by atoms with Crippen LogP contribution >= 0.6 is 0 Å². The average Bonchev–Trinajstić information content (AvgIpc) is 2.41. The number of amides is 1. The van der Waals surface area contributed by atoms with Gasteiger partial charge in [0.2, 0.25) is 0 Å². The molecule has 0 aliphatic carbocycles. The standard InChI is InChI=1S/C16H23NO4/c1-16(2,3)9-12(15(19)20)10-17-14(18)11-21-13-7-5-4-6-8-13/h4-8,12H,9-11H2,1-3H3,(H,17,18)(H,19,20). The highest BCUT2D eigenvalue weighted by atomic mass is 16.5. The molecule has 0 fully saturated rings. The van der Waals surface area contributed by atoms with Crippen molar-refractivity contribution < 1.29 is 19.4 Å². The molecule has 1 unspecified atom stereocenters. The zero-order valence-electron chi connectivity index (χ0n) is 12.8. The van der Waals surface area contributed by atoms with Crippen molar-refractivity contribution >= 4 is 11.9 Å². The number of aliphatic carboxylic acids is 1. The van der Waals surface area contributed by atoms with Gasteiger partial charge in [0.05, 0.1) is 5.92 Å². The molecule has 0 aliphatic rings. The minimum atomic E-state index is -0.894. The Bertz CT molecular complexity index is 465. The summed E-state index contributed by atoms with van der Waals surface area (Å²) in [5, 5.41) is 11.8. The van der Waals surface area contributed by atoms with Gasteiger partial charge in [0.1, 0.15) is 5.75 Å². The second kappa shape index (κ2) is 7.67. The normalized spacial score (nSPS) is 12.5. The average molecular weight is 293 g/mol. The van der Waals surface area contributed by atoms with E-state index in [9.17, 15) is 14.7 Å². The van der Waals surface area contributed by atoms with E-state index in [4.69, 9.17) is 4.74 Å². The Hall–Kier alpha value is -2.04. The second-order valence-corrected chi connectivity index (χ2v) is 6.21. The van der Waals surface area contributed by atoms with Crippen LogP contribution in [0.25, 0.3) is 0 Å². The summed E-state index contributed by atoms with van der Waals surface area (Å²) in [7, 11) is 0. The van der Waals surface area contributed by atoms with Gasteiger partial charge >= 0.3 is 5.97 Å². The fraction of sp³-hybridized carbons (Fsp3) is 0.500. The van der Waals surface area contributed by atoms with Crippen LogP contribution in [0.15, 0.2) is 30.3 Å². The quantitative estimate of drug-likeness (QED) is 0.809. The van der Waals surface area contributed by atoms with Crippen LogP contribution in [0.5, 0.6) is 5.75 Å². The Morgan fingerprint density at radius 2 is 1.86 bits per heavy atom. The molecule has 0 aliphatic heterocycles. The molecule has 5 heteroatoms. The van der Waals surface area contributed by atoms with E-state index in [1.807, 2.05) is 39.0 Å². The van der Waals surface area contributed by atoms with Gasteiger partial charge < -0.3 is 15.2 Å². The van der Waals surface area contributed by atoms with Crippen molar-refractivity contribution in [2.75, 3.05) is 13.2 Å². The first-order valence-corrected chi connectivity index (χ1v) is 6.95. The number of benzene rings is 1. The largest absolute Gasteiger partial charge is 0.484 e. The fourth-order valence-corrected chi connectivity index (χ4v) is 1.94. The smallest absolute Gasteiger partial charge is 0.308 e. The second-order valence-electron chi connectivity index (χ2n) is 6.21. The van der Waals surface area contributed by atoms with Crippen molar-refractivity contribution in [1.82, 2.24) is 5.32 Å². The molecule has 1 aromatic carbocycles. The molecule has 0 aromatic heterocycles. The lowest BCUT2D eigenvalue weighted by atomic mass is 9.84.